The lowest BCUT2D eigenvalue weighted by Crippen LogP contribution is -2.25. The monoisotopic (exact) mass is 756 g/mol. The number of para-hydroxylation sites is 3. The van der Waals surface area contributed by atoms with E-state index < -0.39 is 0 Å². The molecule has 2 nitrogen and oxygen atoms in total. The Morgan fingerprint density at radius 3 is 1.78 bits per heavy atom. The van der Waals surface area contributed by atoms with Gasteiger partial charge in [-0.25, -0.2) is 0 Å². The molecule has 2 heterocycles. The van der Waals surface area contributed by atoms with Crippen molar-refractivity contribution in [3.05, 3.63) is 209 Å². The normalized spacial score (nSPS) is 15.0. The molecule has 0 N–H and O–H groups in total. The van der Waals surface area contributed by atoms with E-state index in [0.29, 0.717) is 0 Å². The van der Waals surface area contributed by atoms with Crippen molar-refractivity contribution < 1.29 is 0 Å². The van der Waals surface area contributed by atoms with Crippen LogP contribution in [0.15, 0.2) is 170 Å². The average molecular weight is 757 g/mol. The summed E-state index contributed by atoms with van der Waals surface area (Å²) in [7, 11) is 0. The van der Waals surface area contributed by atoms with Crippen molar-refractivity contribution >= 4 is 72.9 Å². The first kappa shape index (κ1) is 34.2. The topological polar surface area (TPSA) is 6.48 Å². The van der Waals surface area contributed by atoms with E-state index in [4.69, 9.17) is 0 Å². The Kier molecular flexibility index (Phi) is 7.56. The summed E-state index contributed by atoms with van der Waals surface area (Å²) >= 11 is 0. The van der Waals surface area contributed by atoms with Gasteiger partial charge in [0, 0.05) is 46.5 Å². The van der Waals surface area contributed by atoms with Crippen LogP contribution < -0.4 is 9.80 Å². The predicted octanol–water partition coefficient (Wildman–Crippen LogP) is 15.1. The molecule has 59 heavy (non-hydrogen) atoms. The van der Waals surface area contributed by atoms with E-state index in [1.807, 2.05) is 0 Å². The molecule has 0 fully saturated rings. The van der Waals surface area contributed by atoms with Crippen LogP contribution in [0.5, 0.6) is 0 Å². The fourth-order valence-corrected chi connectivity index (χ4v) is 10.6. The first-order chi connectivity index (χ1) is 29.0. The van der Waals surface area contributed by atoms with Crippen LogP contribution in [0.25, 0.3) is 55.6 Å². The van der Waals surface area contributed by atoms with E-state index in [0.717, 1.165) is 19.4 Å². The van der Waals surface area contributed by atoms with Crippen molar-refractivity contribution in [1.82, 2.24) is 0 Å². The van der Waals surface area contributed by atoms with Crippen LogP contribution in [-0.4, -0.2) is 6.54 Å². The van der Waals surface area contributed by atoms with Crippen LogP contribution in [0.3, 0.4) is 0 Å². The molecule has 3 aliphatic rings. The van der Waals surface area contributed by atoms with E-state index >= 15 is 0 Å². The quantitative estimate of drug-likeness (QED) is 0.130. The molecule has 1 aliphatic carbocycles. The SMILES string of the molecule is CC1(C)c2cc(/C=C/c3cc4c5ccccc5c(N5c6ccccc6Cc6ccccc65)cc4c4ccccc34)ccc2-c2ccc(N3CCCc4ccccc43)cc21. The maximum Gasteiger partial charge on any atom is 0.0546 e. The van der Waals surface area contributed by atoms with Crippen LogP contribution >= 0.6 is 0 Å². The van der Waals surface area contributed by atoms with Gasteiger partial charge in [-0.15, -0.1) is 0 Å². The summed E-state index contributed by atoms with van der Waals surface area (Å²) in [5, 5.41) is 7.61. The third kappa shape index (κ3) is 5.26. The fraction of sp³-hybridized carbons (Fsp3) is 0.123. The van der Waals surface area contributed by atoms with Crippen molar-refractivity contribution in [3.63, 3.8) is 0 Å². The number of rotatable bonds is 4. The minimum Gasteiger partial charge on any atom is -0.341 e. The summed E-state index contributed by atoms with van der Waals surface area (Å²) in [5.74, 6) is 0. The van der Waals surface area contributed by atoms with Gasteiger partial charge in [0.1, 0.15) is 0 Å². The summed E-state index contributed by atoms with van der Waals surface area (Å²) < 4.78 is 0. The Morgan fingerprint density at radius 2 is 1.03 bits per heavy atom. The number of aryl methyl sites for hydroxylation is 1. The zero-order valence-electron chi connectivity index (χ0n) is 33.5. The summed E-state index contributed by atoms with van der Waals surface area (Å²) in [6.45, 7) is 5.85. The van der Waals surface area contributed by atoms with Crippen LogP contribution in [0.2, 0.25) is 0 Å². The molecule has 0 aromatic heterocycles. The summed E-state index contributed by atoms with van der Waals surface area (Å²) in [5.41, 5.74) is 18.4. The number of anilines is 5. The Bertz CT molecular complexity index is 3170. The van der Waals surface area contributed by atoms with E-state index in [2.05, 4.69) is 206 Å². The molecule has 282 valence electrons. The zero-order valence-corrected chi connectivity index (χ0v) is 33.5. The molecular weight excluding hydrogens is 713 g/mol. The molecule has 0 unspecified atom stereocenters. The fourth-order valence-electron chi connectivity index (χ4n) is 10.6. The molecule has 0 saturated heterocycles. The van der Waals surface area contributed by atoms with Gasteiger partial charge in [-0.05, 0) is 132 Å². The highest BCUT2D eigenvalue weighted by Crippen LogP contribution is 2.52. The van der Waals surface area contributed by atoms with Gasteiger partial charge in [-0.3, -0.25) is 0 Å². The summed E-state index contributed by atoms with van der Waals surface area (Å²) in [6.07, 6.45) is 7.93. The Labute approximate surface area is 346 Å². The molecule has 0 bridgehead atoms. The highest BCUT2D eigenvalue weighted by Gasteiger charge is 2.36. The lowest BCUT2D eigenvalue weighted by Gasteiger charge is -2.34. The number of benzene rings is 9. The van der Waals surface area contributed by atoms with Gasteiger partial charge < -0.3 is 9.80 Å². The first-order valence-electron chi connectivity index (χ1n) is 21.2. The van der Waals surface area contributed by atoms with E-state index in [9.17, 15) is 0 Å². The number of hydrogen-bond donors (Lipinski definition) is 0. The Hall–Kier alpha value is -6.90. The highest BCUT2D eigenvalue weighted by atomic mass is 15.2. The molecule has 0 amide bonds. The summed E-state index contributed by atoms with van der Waals surface area (Å²) in [4.78, 5) is 5.02. The molecule has 0 atom stereocenters. The largest absolute Gasteiger partial charge is 0.341 e. The lowest BCUT2D eigenvalue weighted by atomic mass is 9.81. The van der Waals surface area contributed by atoms with Gasteiger partial charge in [0.2, 0.25) is 0 Å². The second kappa shape index (κ2) is 13.1. The highest BCUT2D eigenvalue weighted by molar-refractivity contribution is 6.23. The van der Waals surface area contributed by atoms with Gasteiger partial charge in [0.25, 0.3) is 0 Å². The second-order valence-corrected chi connectivity index (χ2v) is 17.2. The van der Waals surface area contributed by atoms with Crippen LogP contribution in [-0.2, 0) is 18.3 Å². The lowest BCUT2D eigenvalue weighted by molar-refractivity contribution is 0.659. The van der Waals surface area contributed by atoms with Crippen molar-refractivity contribution in [2.45, 2.75) is 38.5 Å². The number of nitrogens with zero attached hydrogens (tertiary/aromatic N) is 2. The van der Waals surface area contributed by atoms with E-state index in [1.54, 1.807) is 0 Å². The molecule has 9 aromatic rings. The molecule has 12 rings (SSSR count). The number of fused-ring (bicyclic) bond motifs is 11. The average Bonchev–Trinajstić information content (AvgIpc) is 3.51. The molecule has 0 spiro atoms. The Morgan fingerprint density at radius 1 is 0.458 bits per heavy atom. The van der Waals surface area contributed by atoms with E-state index in [1.165, 1.54) is 117 Å². The zero-order chi connectivity index (χ0) is 39.2. The van der Waals surface area contributed by atoms with Crippen LogP contribution in [0, 0.1) is 0 Å². The molecule has 2 aliphatic heterocycles. The van der Waals surface area contributed by atoms with Gasteiger partial charge in [0.05, 0.1) is 5.69 Å². The maximum absolute atomic E-state index is 2.52. The smallest absolute Gasteiger partial charge is 0.0546 e. The molecule has 9 aromatic carbocycles. The second-order valence-electron chi connectivity index (χ2n) is 17.2. The van der Waals surface area contributed by atoms with Gasteiger partial charge in [-0.1, -0.05) is 153 Å². The van der Waals surface area contributed by atoms with Crippen molar-refractivity contribution in [1.29, 1.82) is 0 Å². The van der Waals surface area contributed by atoms with Crippen LogP contribution in [0.1, 0.15) is 59.2 Å². The molecule has 0 saturated carbocycles. The Balaban J connectivity index is 0.953. The maximum atomic E-state index is 2.52. The van der Waals surface area contributed by atoms with Gasteiger partial charge in [0.15, 0.2) is 0 Å². The molecule has 2 heteroatoms. The minimum absolute atomic E-state index is 0.110. The van der Waals surface area contributed by atoms with Crippen molar-refractivity contribution in [2.24, 2.45) is 0 Å². The number of hydrogen-bond acceptors (Lipinski definition) is 2. The third-order valence-electron chi connectivity index (χ3n) is 13.5. The van der Waals surface area contributed by atoms with Crippen LogP contribution in [0.4, 0.5) is 28.4 Å². The third-order valence-corrected chi connectivity index (χ3v) is 13.5. The van der Waals surface area contributed by atoms with Gasteiger partial charge in [-0.2, -0.15) is 0 Å². The van der Waals surface area contributed by atoms with Gasteiger partial charge >= 0.3 is 0 Å². The molecular formula is C57H44N2. The summed E-state index contributed by atoms with van der Waals surface area (Å²) in [6, 6.07) is 63.8. The predicted molar refractivity (Wildman–Crippen MR) is 251 cm³/mol. The van der Waals surface area contributed by atoms with Crippen molar-refractivity contribution in [2.75, 3.05) is 16.3 Å². The molecule has 0 radical (unpaired) electrons. The van der Waals surface area contributed by atoms with E-state index in [-0.39, 0.29) is 5.41 Å². The van der Waals surface area contributed by atoms with Crippen molar-refractivity contribution in [3.8, 4) is 11.1 Å². The standard InChI is InChI=1S/C57H44N2/c1-57(2)51-32-37(26-29-46(51)47-30-28-42(35-52(47)57)58-31-13-17-38-14-3-10-22-53(38)58)25-27-39-34-49-45-20-8-9-21-48(45)56(36-50(49)44-19-7-6-18-43(39)44)59-54-23-11-4-15-40(54)33-41-16-5-12-24-55(41)59/h3-12,14-16,18-30,32,34-36H,13,17,31,33H2,1-2H3/b27-25+. The first-order valence-corrected chi connectivity index (χ1v) is 21.2. The minimum atomic E-state index is -0.110.